The number of carboxylic acids is 1. The lowest BCUT2D eigenvalue weighted by Gasteiger charge is -2.36. The minimum Gasteiger partial charge on any atom is -0.481 e. The fraction of sp³-hybridized carbons (Fsp3) is 0.273. The van der Waals surface area contributed by atoms with Gasteiger partial charge in [-0.1, -0.05) is 23.2 Å². The number of carbonyl (C=O) groups excluding carboxylic acids is 1. The van der Waals surface area contributed by atoms with Crippen molar-refractivity contribution in [3.8, 4) is 0 Å². The number of nitrogens with zero attached hydrogens (tertiary/aromatic N) is 1. The lowest BCUT2D eigenvalue weighted by Crippen LogP contribution is -2.53. The summed E-state index contributed by atoms with van der Waals surface area (Å²) in [5, 5.41) is 9.57. The van der Waals surface area contributed by atoms with Crippen LogP contribution in [0.25, 0.3) is 0 Å². The highest BCUT2D eigenvalue weighted by Gasteiger charge is 2.36. The van der Waals surface area contributed by atoms with E-state index in [0.717, 1.165) is 0 Å². The van der Waals surface area contributed by atoms with Gasteiger partial charge in [0.2, 0.25) is 0 Å². The highest BCUT2D eigenvalue weighted by Crippen LogP contribution is 2.29. The molecule has 1 aliphatic heterocycles. The number of benzene rings is 1. The van der Waals surface area contributed by atoms with Gasteiger partial charge in [0.1, 0.15) is 0 Å². The molecule has 0 aliphatic carbocycles. The summed E-state index contributed by atoms with van der Waals surface area (Å²) in [6.07, 6.45) is 0. The Morgan fingerprint density at radius 1 is 1.33 bits per heavy atom. The van der Waals surface area contributed by atoms with E-state index in [2.05, 4.69) is 0 Å². The molecular formula is C11H8Cl2INO3. The predicted molar refractivity (Wildman–Crippen MR) is 76.2 cm³/mol. The molecule has 1 N–H and O–H groups in total. The van der Waals surface area contributed by atoms with Gasteiger partial charge in [-0.3, -0.25) is 9.59 Å². The average Bonchev–Trinajstić information content (AvgIpc) is 2.20. The number of aliphatic carboxylic acids is 1. The topological polar surface area (TPSA) is 57.6 Å². The Morgan fingerprint density at radius 3 is 2.50 bits per heavy atom. The number of halogens is 3. The fourth-order valence-electron chi connectivity index (χ4n) is 1.68. The van der Waals surface area contributed by atoms with E-state index in [9.17, 15) is 9.59 Å². The number of carboxylic acid groups (broad SMARTS) is 1. The average molecular weight is 400 g/mol. The van der Waals surface area contributed by atoms with Crippen molar-refractivity contribution in [1.29, 1.82) is 0 Å². The maximum absolute atomic E-state index is 12.1. The van der Waals surface area contributed by atoms with Gasteiger partial charge in [-0.2, -0.15) is 0 Å². The van der Waals surface area contributed by atoms with Gasteiger partial charge in [-0.25, -0.2) is 0 Å². The lowest BCUT2D eigenvalue weighted by molar-refractivity contribution is -0.146. The van der Waals surface area contributed by atoms with Gasteiger partial charge in [0.25, 0.3) is 5.91 Å². The van der Waals surface area contributed by atoms with E-state index >= 15 is 0 Å². The standard InChI is InChI=1S/C11H8Cl2INO3/c12-6-1-7(9(14)8(13)2-6)10(16)15-3-5(4-15)11(17)18/h1-2,5H,3-4H2,(H,17,18). The Morgan fingerprint density at radius 2 is 1.94 bits per heavy atom. The monoisotopic (exact) mass is 399 g/mol. The summed E-state index contributed by atoms with van der Waals surface area (Å²) in [5.41, 5.74) is 0.414. The SMILES string of the molecule is O=C(O)C1CN(C(=O)c2cc(Cl)cc(Cl)c2I)C1. The summed E-state index contributed by atoms with van der Waals surface area (Å²) in [6.45, 7) is 0.461. The summed E-state index contributed by atoms with van der Waals surface area (Å²) >= 11 is 13.8. The van der Waals surface area contributed by atoms with E-state index in [4.69, 9.17) is 28.3 Å². The Kier molecular flexibility index (Phi) is 4.03. The molecule has 18 heavy (non-hydrogen) atoms. The van der Waals surface area contributed by atoms with Crippen molar-refractivity contribution in [2.24, 2.45) is 5.92 Å². The van der Waals surface area contributed by atoms with Crippen molar-refractivity contribution >= 4 is 57.7 Å². The van der Waals surface area contributed by atoms with Crippen molar-refractivity contribution in [1.82, 2.24) is 4.90 Å². The van der Waals surface area contributed by atoms with Gasteiger partial charge in [0.05, 0.1) is 16.5 Å². The molecule has 2 rings (SSSR count). The summed E-state index contributed by atoms with van der Waals surface area (Å²) in [6, 6.07) is 3.11. The van der Waals surface area contributed by atoms with Crippen molar-refractivity contribution < 1.29 is 14.7 Å². The Hall–Kier alpha value is -0.530. The Bertz CT molecular complexity index is 529. The molecule has 0 bridgehead atoms. The van der Waals surface area contributed by atoms with E-state index in [1.807, 2.05) is 22.6 Å². The van der Waals surface area contributed by atoms with E-state index in [-0.39, 0.29) is 19.0 Å². The zero-order valence-corrected chi connectivity index (χ0v) is 12.7. The van der Waals surface area contributed by atoms with Crippen LogP contribution in [0.5, 0.6) is 0 Å². The Labute approximate surface area is 127 Å². The zero-order valence-electron chi connectivity index (χ0n) is 8.99. The third kappa shape index (κ3) is 2.57. The van der Waals surface area contributed by atoms with Crippen LogP contribution in [0.4, 0.5) is 0 Å². The zero-order chi connectivity index (χ0) is 13.4. The van der Waals surface area contributed by atoms with Crippen LogP contribution in [0.3, 0.4) is 0 Å². The van der Waals surface area contributed by atoms with Crippen LogP contribution in [0.15, 0.2) is 12.1 Å². The van der Waals surface area contributed by atoms with Crippen molar-refractivity contribution in [2.45, 2.75) is 0 Å². The molecule has 0 radical (unpaired) electrons. The number of hydrogen-bond donors (Lipinski definition) is 1. The van der Waals surface area contributed by atoms with E-state index in [1.165, 1.54) is 4.90 Å². The Balaban J connectivity index is 2.18. The molecule has 1 aromatic carbocycles. The van der Waals surface area contributed by atoms with E-state index < -0.39 is 11.9 Å². The first kappa shape index (κ1) is 13.9. The normalized spacial score (nSPS) is 15.4. The van der Waals surface area contributed by atoms with E-state index in [1.54, 1.807) is 12.1 Å². The highest BCUT2D eigenvalue weighted by atomic mass is 127. The third-order valence-corrected chi connectivity index (χ3v) is 4.74. The number of carbonyl (C=O) groups is 2. The van der Waals surface area contributed by atoms with Gasteiger partial charge >= 0.3 is 5.97 Å². The molecule has 7 heteroatoms. The van der Waals surface area contributed by atoms with Crippen LogP contribution < -0.4 is 0 Å². The molecule has 0 saturated carbocycles. The largest absolute Gasteiger partial charge is 0.481 e. The second-order valence-corrected chi connectivity index (χ2v) is 5.92. The van der Waals surface area contributed by atoms with Crippen molar-refractivity contribution in [3.05, 3.63) is 31.3 Å². The molecule has 1 aliphatic rings. The van der Waals surface area contributed by atoms with Crippen LogP contribution in [0, 0.1) is 9.49 Å². The second-order valence-electron chi connectivity index (χ2n) is 3.99. The molecule has 96 valence electrons. The quantitative estimate of drug-likeness (QED) is 0.614. The third-order valence-electron chi connectivity index (χ3n) is 2.74. The van der Waals surface area contributed by atoms with E-state index in [0.29, 0.717) is 19.2 Å². The fourth-order valence-corrected chi connectivity index (χ4v) is 2.72. The number of likely N-dealkylation sites (tertiary alicyclic amines) is 1. The molecule has 1 fully saturated rings. The second kappa shape index (κ2) is 5.22. The van der Waals surface area contributed by atoms with Gasteiger partial charge in [0.15, 0.2) is 0 Å². The van der Waals surface area contributed by atoms with Crippen LogP contribution in [0.2, 0.25) is 10.0 Å². The summed E-state index contributed by atoms with van der Waals surface area (Å²) in [5.74, 6) is -1.58. The first-order valence-electron chi connectivity index (χ1n) is 5.06. The summed E-state index contributed by atoms with van der Waals surface area (Å²) in [7, 11) is 0. The molecule has 1 saturated heterocycles. The molecule has 1 aromatic rings. The van der Waals surface area contributed by atoms with Crippen molar-refractivity contribution in [2.75, 3.05) is 13.1 Å². The molecule has 0 atom stereocenters. The van der Waals surface area contributed by atoms with Crippen LogP contribution >= 0.6 is 45.8 Å². The van der Waals surface area contributed by atoms with Crippen LogP contribution in [-0.4, -0.2) is 35.0 Å². The van der Waals surface area contributed by atoms with Gasteiger partial charge < -0.3 is 10.0 Å². The maximum Gasteiger partial charge on any atom is 0.310 e. The number of amides is 1. The molecule has 1 heterocycles. The number of rotatable bonds is 2. The van der Waals surface area contributed by atoms with Gasteiger partial charge in [0, 0.05) is 21.7 Å². The minimum atomic E-state index is -0.877. The molecular weight excluding hydrogens is 392 g/mol. The first-order valence-corrected chi connectivity index (χ1v) is 6.90. The predicted octanol–water partition coefficient (Wildman–Crippen LogP) is 2.75. The molecule has 0 aromatic heterocycles. The van der Waals surface area contributed by atoms with Crippen molar-refractivity contribution in [3.63, 3.8) is 0 Å². The van der Waals surface area contributed by atoms with Crippen LogP contribution in [-0.2, 0) is 4.79 Å². The summed E-state index contributed by atoms with van der Waals surface area (Å²) < 4.78 is 0.627. The highest BCUT2D eigenvalue weighted by molar-refractivity contribution is 14.1. The van der Waals surface area contributed by atoms with Gasteiger partial charge in [-0.05, 0) is 34.7 Å². The first-order chi connectivity index (χ1) is 8.40. The smallest absolute Gasteiger partial charge is 0.310 e. The van der Waals surface area contributed by atoms with Crippen LogP contribution in [0.1, 0.15) is 10.4 Å². The van der Waals surface area contributed by atoms with Gasteiger partial charge in [-0.15, -0.1) is 0 Å². The summed E-state index contributed by atoms with van der Waals surface area (Å²) in [4.78, 5) is 24.3. The maximum atomic E-state index is 12.1. The molecule has 1 amide bonds. The molecule has 0 unspecified atom stereocenters. The molecule has 4 nitrogen and oxygen atoms in total. The molecule has 0 spiro atoms. The number of hydrogen-bond acceptors (Lipinski definition) is 2. The minimum absolute atomic E-state index is 0.231. The lowest BCUT2D eigenvalue weighted by atomic mass is 9.99.